The SMILES string of the molecule is C[C@@]1(CO)Cc2cc(NC(=O)C(=CN)c3ncccn3)c(N3CCN(CC(N)=O)CC3)cc2O1. The third-order valence-corrected chi connectivity index (χ3v) is 5.99. The molecule has 6 N–H and O–H groups in total. The lowest BCUT2D eigenvalue weighted by molar-refractivity contribution is -0.119. The number of aromatic nitrogens is 2. The molecule has 2 aromatic rings. The number of anilines is 2. The number of carbonyl (C=O) groups is 2. The molecule has 11 nitrogen and oxygen atoms in total. The van der Waals surface area contributed by atoms with Crippen molar-refractivity contribution in [2.24, 2.45) is 11.5 Å². The minimum Gasteiger partial charge on any atom is -0.484 e. The van der Waals surface area contributed by atoms with Crippen molar-refractivity contribution in [1.29, 1.82) is 0 Å². The molecular weight excluding hydrogens is 438 g/mol. The molecule has 4 rings (SSSR count). The van der Waals surface area contributed by atoms with Crippen molar-refractivity contribution in [1.82, 2.24) is 14.9 Å². The van der Waals surface area contributed by atoms with Gasteiger partial charge in [0.05, 0.1) is 30.1 Å². The number of rotatable bonds is 7. The summed E-state index contributed by atoms with van der Waals surface area (Å²) in [5.41, 5.74) is 12.7. The van der Waals surface area contributed by atoms with Crippen molar-refractivity contribution in [3.63, 3.8) is 0 Å². The largest absolute Gasteiger partial charge is 0.484 e. The van der Waals surface area contributed by atoms with Crippen LogP contribution in [-0.2, 0) is 16.0 Å². The molecule has 0 spiro atoms. The van der Waals surface area contributed by atoms with Crippen LogP contribution in [-0.4, -0.2) is 76.7 Å². The first-order valence-electron chi connectivity index (χ1n) is 11.0. The van der Waals surface area contributed by atoms with Crippen LogP contribution in [0.2, 0.25) is 0 Å². The lowest BCUT2D eigenvalue weighted by Crippen LogP contribution is -2.49. The summed E-state index contributed by atoms with van der Waals surface area (Å²) in [7, 11) is 0. The number of nitrogens with one attached hydrogen (secondary N) is 1. The molecule has 0 unspecified atom stereocenters. The van der Waals surface area contributed by atoms with Gasteiger partial charge in [-0.2, -0.15) is 0 Å². The van der Waals surface area contributed by atoms with E-state index >= 15 is 0 Å². The van der Waals surface area contributed by atoms with Crippen molar-refractivity contribution in [3.8, 4) is 5.75 Å². The highest BCUT2D eigenvalue weighted by Crippen LogP contribution is 2.42. The van der Waals surface area contributed by atoms with Crippen LogP contribution in [0.1, 0.15) is 18.3 Å². The molecular formula is C23H29N7O4. The standard InChI is InChI=1S/C23H29N7O4/c1-23(14-31)11-15-9-17(28-22(33)16(12-24)21-26-3-2-4-27-21)18(10-19(15)34-23)30-7-5-29(6-8-30)13-20(25)32/h2-4,9-10,12,31H,5-8,11,13-14,24H2,1H3,(H2,25,32)(H,28,33)/t23-/m0/s1. The van der Waals surface area contributed by atoms with E-state index in [1.165, 1.54) is 6.20 Å². The number of carbonyl (C=O) groups excluding carboxylic acids is 2. The summed E-state index contributed by atoms with van der Waals surface area (Å²) in [6, 6.07) is 5.42. The molecule has 1 saturated heterocycles. The molecule has 1 atom stereocenters. The van der Waals surface area contributed by atoms with Gasteiger partial charge < -0.3 is 31.5 Å². The van der Waals surface area contributed by atoms with Gasteiger partial charge in [-0.3, -0.25) is 14.5 Å². The Morgan fingerprint density at radius 3 is 2.56 bits per heavy atom. The number of nitrogens with zero attached hydrogens (tertiary/aromatic N) is 4. The Bertz CT molecular complexity index is 1100. The highest BCUT2D eigenvalue weighted by atomic mass is 16.5. The first-order valence-corrected chi connectivity index (χ1v) is 11.0. The molecule has 0 radical (unpaired) electrons. The van der Waals surface area contributed by atoms with E-state index in [2.05, 4.69) is 20.2 Å². The number of aliphatic hydroxyl groups is 1. The number of hydrogen-bond donors (Lipinski definition) is 4. The van der Waals surface area contributed by atoms with Crippen LogP contribution in [0.3, 0.4) is 0 Å². The highest BCUT2D eigenvalue weighted by molar-refractivity contribution is 6.24. The van der Waals surface area contributed by atoms with Crippen LogP contribution < -0.4 is 26.4 Å². The molecule has 180 valence electrons. The average molecular weight is 468 g/mol. The predicted octanol–water partition coefficient (Wildman–Crippen LogP) is -0.292. The topological polar surface area (TPSA) is 160 Å². The Morgan fingerprint density at radius 2 is 1.94 bits per heavy atom. The summed E-state index contributed by atoms with van der Waals surface area (Å²) in [6.07, 6.45) is 4.78. The third kappa shape index (κ3) is 4.95. The molecule has 0 bridgehead atoms. The van der Waals surface area contributed by atoms with Gasteiger partial charge in [-0.1, -0.05) is 0 Å². The zero-order valence-corrected chi connectivity index (χ0v) is 19.0. The van der Waals surface area contributed by atoms with E-state index < -0.39 is 11.5 Å². The van der Waals surface area contributed by atoms with Crippen molar-refractivity contribution in [3.05, 3.63) is 48.2 Å². The van der Waals surface area contributed by atoms with Gasteiger partial charge in [0, 0.05) is 62.8 Å². The quantitative estimate of drug-likeness (QED) is 0.401. The number of fused-ring (bicyclic) bond motifs is 1. The fraction of sp³-hybridized carbons (Fsp3) is 0.391. The first-order chi connectivity index (χ1) is 16.3. The predicted molar refractivity (Wildman–Crippen MR) is 127 cm³/mol. The summed E-state index contributed by atoms with van der Waals surface area (Å²) in [6.45, 7) is 4.48. The molecule has 1 fully saturated rings. The van der Waals surface area contributed by atoms with Crippen LogP contribution in [0.15, 0.2) is 36.8 Å². The number of ether oxygens (including phenoxy) is 1. The molecule has 1 aromatic carbocycles. The van der Waals surface area contributed by atoms with Gasteiger partial charge in [-0.15, -0.1) is 0 Å². The Morgan fingerprint density at radius 1 is 1.24 bits per heavy atom. The smallest absolute Gasteiger partial charge is 0.261 e. The van der Waals surface area contributed by atoms with Crippen molar-refractivity contribution in [2.75, 3.05) is 49.5 Å². The number of hydrogen-bond acceptors (Lipinski definition) is 9. The zero-order valence-electron chi connectivity index (χ0n) is 19.0. The lowest BCUT2D eigenvalue weighted by Gasteiger charge is -2.36. The Hall–Kier alpha value is -3.70. The van der Waals surface area contributed by atoms with Gasteiger partial charge in [0.2, 0.25) is 5.91 Å². The summed E-state index contributed by atoms with van der Waals surface area (Å²) < 4.78 is 6.03. The number of primary amides is 1. The molecule has 2 aliphatic heterocycles. The second-order valence-electron chi connectivity index (χ2n) is 8.70. The number of benzene rings is 1. The van der Waals surface area contributed by atoms with E-state index in [1.807, 2.05) is 24.0 Å². The average Bonchev–Trinajstić information content (AvgIpc) is 3.16. The molecule has 0 aliphatic carbocycles. The van der Waals surface area contributed by atoms with Crippen LogP contribution in [0.4, 0.5) is 11.4 Å². The van der Waals surface area contributed by atoms with Gasteiger partial charge in [0.1, 0.15) is 11.4 Å². The minimum absolute atomic E-state index is 0.129. The summed E-state index contributed by atoms with van der Waals surface area (Å²) in [5, 5.41) is 12.7. The van der Waals surface area contributed by atoms with Crippen molar-refractivity contribution < 1.29 is 19.4 Å². The van der Waals surface area contributed by atoms with Crippen molar-refractivity contribution in [2.45, 2.75) is 18.9 Å². The van der Waals surface area contributed by atoms with Crippen LogP contribution in [0.25, 0.3) is 5.57 Å². The maximum Gasteiger partial charge on any atom is 0.261 e. The summed E-state index contributed by atoms with van der Waals surface area (Å²) >= 11 is 0. The molecule has 2 amide bonds. The van der Waals surface area contributed by atoms with E-state index in [9.17, 15) is 14.7 Å². The van der Waals surface area contributed by atoms with E-state index in [-0.39, 0.29) is 30.5 Å². The van der Waals surface area contributed by atoms with Gasteiger partial charge in [-0.25, -0.2) is 9.97 Å². The number of aliphatic hydroxyl groups excluding tert-OH is 1. The molecule has 3 heterocycles. The summed E-state index contributed by atoms with van der Waals surface area (Å²) in [4.78, 5) is 36.8. The van der Waals surface area contributed by atoms with Crippen LogP contribution in [0.5, 0.6) is 5.75 Å². The fourth-order valence-electron chi connectivity index (χ4n) is 4.25. The minimum atomic E-state index is -0.720. The Labute approximate surface area is 197 Å². The Kier molecular flexibility index (Phi) is 6.66. The maximum atomic E-state index is 13.1. The van der Waals surface area contributed by atoms with Gasteiger partial charge in [-0.05, 0) is 19.1 Å². The van der Waals surface area contributed by atoms with Gasteiger partial charge >= 0.3 is 0 Å². The number of piperazine rings is 1. The normalized spacial score (nSPS) is 20.5. The molecule has 34 heavy (non-hydrogen) atoms. The lowest BCUT2D eigenvalue weighted by atomic mass is 9.99. The third-order valence-electron chi connectivity index (χ3n) is 5.99. The maximum absolute atomic E-state index is 13.1. The highest BCUT2D eigenvalue weighted by Gasteiger charge is 2.36. The van der Waals surface area contributed by atoms with Crippen LogP contribution in [0, 0.1) is 0 Å². The summed E-state index contributed by atoms with van der Waals surface area (Å²) in [5.74, 6) is 0.0949. The van der Waals surface area contributed by atoms with Gasteiger partial charge in [0.15, 0.2) is 5.82 Å². The van der Waals surface area contributed by atoms with E-state index in [4.69, 9.17) is 16.2 Å². The second kappa shape index (κ2) is 9.65. The monoisotopic (exact) mass is 467 g/mol. The molecule has 2 aliphatic rings. The van der Waals surface area contributed by atoms with E-state index in [0.29, 0.717) is 44.0 Å². The van der Waals surface area contributed by atoms with E-state index in [0.717, 1.165) is 11.3 Å². The fourth-order valence-corrected chi connectivity index (χ4v) is 4.25. The number of amides is 2. The number of nitrogens with two attached hydrogens (primary N) is 2. The molecule has 1 aromatic heterocycles. The van der Waals surface area contributed by atoms with Crippen LogP contribution >= 0.6 is 0 Å². The second-order valence-corrected chi connectivity index (χ2v) is 8.70. The molecule has 0 saturated carbocycles. The Balaban J connectivity index is 1.63. The van der Waals surface area contributed by atoms with Gasteiger partial charge in [0.25, 0.3) is 5.91 Å². The van der Waals surface area contributed by atoms with Crippen molar-refractivity contribution >= 4 is 28.8 Å². The first kappa shape index (κ1) is 23.5. The zero-order chi connectivity index (χ0) is 24.3. The molecule has 11 heteroatoms. The van der Waals surface area contributed by atoms with E-state index in [1.54, 1.807) is 18.5 Å².